The van der Waals surface area contributed by atoms with Crippen molar-refractivity contribution >= 4 is 11.0 Å². The van der Waals surface area contributed by atoms with Crippen molar-refractivity contribution in [2.24, 2.45) is 5.73 Å². The number of hydrogen-bond acceptors (Lipinski definition) is 3. The third-order valence-corrected chi connectivity index (χ3v) is 1.90. The first-order valence-corrected chi connectivity index (χ1v) is 3.83. The number of aromatic hydroxyl groups is 1. The van der Waals surface area contributed by atoms with Crippen molar-refractivity contribution in [2.45, 2.75) is 6.54 Å². The van der Waals surface area contributed by atoms with E-state index in [4.69, 9.17) is 10.2 Å². The van der Waals surface area contributed by atoms with Crippen LogP contribution in [0, 0.1) is 5.82 Å². The minimum atomic E-state index is -0.493. The second-order valence-electron chi connectivity index (χ2n) is 2.69. The largest absolute Gasteiger partial charge is 0.504 e. The Kier molecular flexibility index (Phi) is 1.70. The van der Waals surface area contributed by atoms with E-state index in [0.717, 1.165) is 0 Å². The van der Waals surface area contributed by atoms with Gasteiger partial charge in [-0.05, 0) is 12.1 Å². The number of para-hydroxylation sites is 1. The highest BCUT2D eigenvalue weighted by molar-refractivity contribution is 5.85. The van der Waals surface area contributed by atoms with Crippen LogP contribution >= 0.6 is 0 Å². The molecule has 0 atom stereocenters. The number of halogens is 1. The lowest BCUT2D eigenvalue weighted by Crippen LogP contribution is -1.93. The van der Waals surface area contributed by atoms with Gasteiger partial charge in [0.15, 0.2) is 22.9 Å². The summed E-state index contributed by atoms with van der Waals surface area (Å²) in [5, 5.41) is 9.84. The molecule has 0 saturated carbocycles. The molecular formula is C9H8FNO2. The third kappa shape index (κ3) is 1.07. The summed E-state index contributed by atoms with van der Waals surface area (Å²) < 4.78 is 18.1. The van der Waals surface area contributed by atoms with Crippen LogP contribution in [0.25, 0.3) is 11.0 Å². The predicted octanol–water partition coefficient (Wildman–Crippen LogP) is 1.74. The Labute approximate surface area is 73.6 Å². The standard InChI is InChI=1S/C9H8FNO2/c10-6-3-1-2-5-8(12)7(4-11)13-9(5)6/h1-3,12H,4,11H2. The molecule has 2 aromatic rings. The van der Waals surface area contributed by atoms with Crippen molar-refractivity contribution in [3.8, 4) is 5.75 Å². The van der Waals surface area contributed by atoms with Crippen LogP contribution < -0.4 is 5.73 Å². The average Bonchev–Trinajstić information content (AvgIpc) is 2.45. The number of rotatable bonds is 1. The Morgan fingerprint density at radius 2 is 2.23 bits per heavy atom. The van der Waals surface area contributed by atoms with Gasteiger partial charge in [-0.3, -0.25) is 0 Å². The number of fused-ring (bicyclic) bond motifs is 1. The molecule has 0 radical (unpaired) electrons. The molecule has 68 valence electrons. The normalized spacial score (nSPS) is 10.9. The number of nitrogens with two attached hydrogens (primary N) is 1. The molecule has 0 aliphatic rings. The van der Waals surface area contributed by atoms with Crippen LogP contribution in [-0.4, -0.2) is 5.11 Å². The summed E-state index contributed by atoms with van der Waals surface area (Å²) in [6, 6.07) is 4.36. The first kappa shape index (κ1) is 8.07. The van der Waals surface area contributed by atoms with Crippen molar-refractivity contribution in [1.29, 1.82) is 0 Å². The summed E-state index contributed by atoms with van der Waals surface area (Å²) in [5.41, 5.74) is 5.34. The molecule has 0 aliphatic carbocycles. The van der Waals surface area contributed by atoms with Gasteiger partial charge in [0.1, 0.15) is 0 Å². The van der Waals surface area contributed by atoms with Crippen molar-refractivity contribution in [1.82, 2.24) is 0 Å². The number of furan rings is 1. The minimum absolute atomic E-state index is 0.0555. The van der Waals surface area contributed by atoms with Crippen LogP contribution in [0.5, 0.6) is 5.75 Å². The van der Waals surface area contributed by atoms with Gasteiger partial charge in [0.25, 0.3) is 0 Å². The van der Waals surface area contributed by atoms with E-state index in [-0.39, 0.29) is 23.6 Å². The van der Waals surface area contributed by atoms with Gasteiger partial charge in [0.05, 0.1) is 11.9 Å². The Morgan fingerprint density at radius 1 is 1.46 bits per heavy atom. The van der Waals surface area contributed by atoms with Gasteiger partial charge in [-0.25, -0.2) is 4.39 Å². The third-order valence-electron chi connectivity index (χ3n) is 1.90. The van der Waals surface area contributed by atoms with Gasteiger partial charge < -0.3 is 15.3 Å². The smallest absolute Gasteiger partial charge is 0.173 e. The highest BCUT2D eigenvalue weighted by Crippen LogP contribution is 2.32. The van der Waals surface area contributed by atoms with E-state index in [1.807, 2.05) is 0 Å². The highest BCUT2D eigenvalue weighted by Gasteiger charge is 2.13. The molecule has 1 aromatic carbocycles. The predicted molar refractivity (Wildman–Crippen MR) is 45.7 cm³/mol. The molecule has 0 spiro atoms. The second kappa shape index (κ2) is 2.74. The molecule has 13 heavy (non-hydrogen) atoms. The zero-order chi connectivity index (χ0) is 9.42. The fourth-order valence-corrected chi connectivity index (χ4v) is 1.26. The SMILES string of the molecule is NCc1oc2c(F)cccc2c1O. The Morgan fingerprint density at radius 3 is 2.85 bits per heavy atom. The Balaban J connectivity index is 2.83. The maximum atomic E-state index is 13.1. The van der Waals surface area contributed by atoms with E-state index in [1.54, 1.807) is 6.07 Å². The lowest BCUT2D eigenvalue weighted by Gasteiger charge is -1.88. The van der Waals surface area contributed by atoms with Gasteiger partial charge in [-0.15, -0.1) is 0 Å². The lowest BCUT2D eigenvalue weighted by atomic mass is 10.2. The molecule has 0 aliphatic heterocycles. The monoisotopic (exact) mass is 181 g/mol. The zero-order valence-electron chi connectivity index (χ0n) is 6.75. The molecule has 0 fully saturated rings. The fourth-order valence-electron chi connectivity index (χ4n) is 1.26. The summed E-state index contributed by atoms with van der Waals surface area (Å²) in [7, 11) is 0. The quantitative estimate of drug-likeness (QED) is 0.704. The van der Waals surface area contributed by atoms with E-state index in [1.165, 1.54) is 12.1 Å². The first-order valence-electron chi connectivity index (χ1n) is 3.83. The molecule has 1 aromatic heterocycles. The van der Waals surface area contributed by atoms with E-state index in [0.29, 0.717) is 5.39 Å². The first-order chi connectivity index (χ1) is 6.24. The van der Waals surface area contributed by atoms with Crippen LogP contribution in [0.2, 0.25) is 0 Å². The summed E-state index contributed by atoms with van der Waals surface area (Å²) in [5.74, 6) is -0.357. The molecular weight excluding hydrogens is 173 g/mol. The molecule has 0 unspecified atom stereocenters. The van der Waals surface area contributed by atoms with Crippen molar-refractivity contribution in [2.75, 3.05) is 0 Å². The van der Waals surface area contributed by atoms with Gasteiger partial charge in [-0.1, -0.05) is 6.07 Å². The highest BCUT2D eigenvalue weighted by atomic mass is 19.1. The summed E-state index contributed by atoms with van der Waals surface area (Å²) in [6.45, 7) is 0.0555. The van der Waals surface area contributed by atoms with Crippen LogP contribution in [0.3, 0.4) is 0 Å². The molecule has 2 rings (SSSR count). The average molecular weight is 181 g/mol. The van der Waals surface area contributed by atoms with Crippen LogP contribution in [0.1, 0.15) is 5.76 Å². The van der Waals surface area contributed by atoms with Crippen molar-refractivity contribution < 1.29 is 13.9 Å². The van der Waals surface area contributed by atoms with E-state index in [2.05, 4.69) is 0 Å². The summed E-state index contributed by atoms with van der Waals surface area (Å²) in [6.07, 6.45) is 0. The second-order valence-corrected chi connectivity index (χ2v) is 2.69. The van der Waals surface area contributed by atoms with Gasteiger partial charge in [0, 0.05) is 0 Å². The van der Waals surface area contributed by atoms with E-state index >= 15 is 0 Å². The molecule has 0 bridgehead atoms. The van der Waals surface area contributed by atoms with Crippen LogP contribution in [-0.2, 0) is 6.54 Å². The number of hydrogen-bond donors (Lipinski definition) is 2. The molecule has 0 saturated heterocycles. The number of benzene rings is 1. The molecule has 3 N–H and O–H groups in total. The maximum Gasteiger partial charge on any atom is 0.173 e. The van der Waals surface area contributed by atoms with Crippen molar-refractivity contribution in [3.05, 3.63) is 29.8 Å². The molecule has 4 heteroatoms. The zero-order valence-corrected chi connectivity index (χ0v) is 6.75. The van der Waals surface area contributed by atoms with Crippen molar-refractivity contribution in [3.63, 3.8) is 0 Å². The Bertz CT molecular complexity index is 450. The topological polar surface area (TPSA) is 59.4 Å². The maximum absolute atomic E-state index is 13.1. The lowest BCUT2D eigenvalue weighted by molar-refractivity contribution is 0.439. The van der Waals surface area contributed by atoms with E-state index in [9.17, 15) is 9.50 Å². The molecule has 3 nitrogen and oxygen atoms in total. The van der Waals surface area contributed by atoms with Gasteiger partial charge in [0.2, 0.25) is 0 Å². The van der Waals surface area contributed by atoms with Gasteiger partial charge in [-0.2, -0.15) is 0 Å². The van der Waals surface area contributed by atoms with Crippen LogP contribution in [0.15, 0.2) is 22.6 Å². The minimum Gasteiger partial charge on any atom is -0.504 e. The summed E-state index contributed by atoms with van der Waals surface area (Å²) >= 11 is 0. The summed E-state index contributed by atoms with van der Waals surface area (Å²) in [4.78, 5) is 0. The van der Waals surface area contributed by atoms with Gasteiger partial charge >= 0.3 is 0 Å². The van der Waals surface area contributed by atoms with E-state index < -0.39 is 5.82 Å². The molecule has 1 heterocycles. The fraction of sp³-hybridized carbons (Fsp3) is 0.111. The Hall–Kier alpha value is -1.55. The molecule has 0 amide bonds. The van der Waals surface area contributed by atoms with Crippen LogP contribution in [0.4, 0.5) is 4.39 Å².